The maximum Gasteiger partial charge on any atom is 0.408 e. The second kappa shape index (κ2) is 5.92. The van der Waals surface area contributed by atoms with Gasteiger partial charge in [0, 0.05) is 6.20 Å². The van der Waals surface area contributed by atoms with Crippen molar-refractivity contribution in [3.05, 3.63) is 24.0 Å². The van der Waals surface area contributed by atoms with E-state index >= 15 is 0 Å². The van der Waals surface area contributed by atoms with Gasteiger partial charge < -0.3 is 15.8 Å². The van der Waals surface area contributed by atoms with E-state index in [1.165, 1.54) is 0 Å². The minimum atomic E-state index is -0.511. The van der Waals surface area contributed by atoms with E-state index in [-0.39, 0.29) is 6.54 Å². The van der Waals surface area contributed by atoms with E-state index < -0.39 is 11.7 Å². The average Bonchev–Trinajstić information content (AvgIpc) is 2.24. The number of carbonyl (C=O) groups excluding carboxylic acids is 1. The van der Waals surface area contributed by atoms with Gasteiger partial charge in [-0.05, 0) is 38.8 Å². The van der Waals surface area contributed by atoms with Gasteiger partial charge in [0.2, 0.25) is 0 Å². The standard InChI is InChI=1S/C13H17N3O2/c1-13(2,3)18-12(17)16-9-5-7-11-10(14)6-4-8-15-11/h4,6,8H,9,14H2,1-3H3,(H,16,17). The number of hydrogen-bond acceptors (Lipinski definition) is 4. The lowest BCUT2D eigenvalue weighted by Gasteiger charge is -2.18. The fraction of sp³-hybridized carbons (Fsp3) is 0.385. The molecule has 0 aliphatic carbocycles. The monoisotopic (exact) mass is 247 g/mol. The molecule has 1 amide bonds. The Morgan fingerprint density at radius 3 is 2.89 bits per heavy atom. The number of amides is 1. The molecule has 5 heteroatoms. The first-order valence-electron chi connectivity index (χ1n) is 5.55. The summed E-state index contributed by atoms with van der Waals surface area (Å²) < 4.78 is 5.06. The quantitative estimate of drug-likeness (QED) is 0.738. The van der Waals surface area contributed by atoms with Crippen molar-refractivity contribution >= 4 is 11.8 Å². The van der Waals surface area contributed by atoms with Gasteiger partial charge in [0.15, 0.2) is 0 Å². The van der Waals surface area contributed by atoms with Gasteiger partial charge in [-0.1, -0.05) is 5.92 Å². The summed E-state index contributed by atoms with van der Waals surface area (Å²) in [5, 5.41) is 2.53. The van der Waals surface area contributed by atoms with Crippen LogP contribution in [0, 0.1) is 11.8 Å². The topological polar surface area (TPSA) is 77.2 Å². The van der Waals surface area contributed by atoms with Crippen LogP contribution in [-0.4, -0.2) is 23.2 Å². The molecule has 0 bridgehead atoms. The summed E-state index contributed by atoms with van der Waals surface area (Å²) in [6, 6.07) is 3.46. The number of carbonyl (C=O) groups is 1. The summed E-state index contributed by atoms with van der Waals surface area (Å²) in [6.45, 7) is 5.58. The summed E-state index contributed by atoms with van der Waals surface area (Å²) in [6.07, 6.45) is 1.12. The molecule has 0 aromatic carbocycles. The number of rotatable bonds is 1. The van der Waals surface area contributed by atoms with E-state index in [9.17, 15) is 4.79 Å². The Bertz CT molecular complexity index is 481. The first-order chi connectivity index (χ1) is 8.38. The molecule has 96 valence electrons. The highest BCUT2D eigenvalue weighted by molar-refractivity contribution is 5.68. The van der Waals surface area contributed by atoms with Crippen LogP contribution in [0.3, 0.4) is 0 Å². The zero-order valence-corrected chi connectivity index (χ0v) is 10.8. The third-order valence-corrected chi connectivity index (χ3v) is 1.77. The Morgan fingerprint density at radius 1 is 1.56 bits per heavy atom. The van der Waals surface area contributed by atoms with E-state index in [4.69, 9.17) is 10.5 Å². The molecule has 1 aromatic heterocycles. The highest BCUT2D eigenvalue weighted by Gasteiger charge is 2.14. The van der Waals surface area contributed by atoms with Gasteiger partial charge in [0.05, 0.1) is 12.2 Å². The van der Waals surface area contributed by atoms with Crippen molar-refractivity contribution in [1.29, 1.82) is 0 Å². The molecule has 0 spiro atoms. The normalized spacial score (nSPS) is 10.2. The molecule has 1 aromatic rings. The van der Waals surface area contributed by atoms with E-state index in [1.807, 2.05) is 0 Å². The molecule has 1 heterocycles. The Balaban J connectivity index is 2.44. The van der Waals surface area contributed by atoms with Crippen LogP contribution < -0.4 is 11.1 Å². The van der Waals surface area contributed by atoms with Crippen molar-refractivity contribution in [2.75, 3.05) is 12.3 Å². The molecule has 1 rings (SSSR count). The molecule has 18 heavy (non-hydrogen) atoms. The SMILES string of the molecule is CC(C)(C)OC(=O)NCC#Cc1ncccc1N. The van der Waals surface area contributed by atoms with Crippen molar-refractivity contribution in [3.63, 3.8) is 0 Å². The van der Waals surface area contributed by atoms with E-state index in [0.717, 1.165) is 0 Å². The van der Waals surface area contributed by atoms with Crippen LogP contribution in [0.25, 0.3) is 0 Å². The molecule has 0 saturated heterocycles. The van der Waals surface area contributed by atoms with Gasteiger partial charge in [-0.15, -0.1) is 0 Å². The summed E-state index contributed by atoms with van der Waals surface area (Å²) in [5.74, 6) is 5.53. The number of aromatic nitrogens is 1. The first kappa shape index (κ1) is 13.8. The van der Waals surface area contributed by atoms with Gasteiger partial charge in [-0.2, -0.15) is 0 Å². The number of nitrogens with two attached hydrogens (primary N) is 1. The van der Waals surface area contributed by atoms with Crippen LogP contribution in [0.5, 0.6) is 0 Å². The van der Waals surface area contributed by atoms with Crippen LogP contribution in [-0.2, 0) is 4.74 Å². The Kier molecular flexibility index (Phi) is 4.55. The van der Waals surface area contributed by atoms with Crippen molar-refractivity contribution in [3.8, 4) is 11.8 Å². The summed E-state index contributed by atoms with van der Waals surface area (Å²) in [7, 11) is 0. The zero-order valence-electron chi connectivity index (χ0n) is 10.8. The molecule has 0 fully saturated rings. The van der Waals surface area contributed by atoms with E-state index in [2.05, 4.69) is 22.1 Å². The third-order valence-electron chi connectivity index (χ3n) is 1.77. The largest absolute Gasteiger partial charge is 0.444 e. The van der Waals surface area contributed by atoms with Crippen LogP contribution in [0.2, 0.25) is 0 Å². The van der Waals surface area contributed by atoms with Crippen LogP contribution in [0.4, 0.5) is 10.5 Å². The lowest BCUT2D eigenvalue weighted by atomic mass is 10.2. The smallest absolute Gasteiger partial charge is 0.408 e. The van der Waals surface area contributed by atoms with Crippen LogP contribution >= 0.6 is 0 Å². The molecule has 0 aliphatic heterocycles. The number of nitrogen functional groups attached to an aromatic ring is 1. The predicted molar refractivity (Wildman–Crippen MR) is 69.8 cm³/mol. The average molecular weight is 247 g/mol. The van der Waals surface area contributed by atoms with Crippen molar-refractivity contribution in [1.82, 2.24) is 10.3 Å². The number of pyridine rings is 1. The van der Waals surface area contributed by atoms with Crippen molar-refractivity contribution in [2.45, 2.75) is 26.4 Å². The number of alkyl carbamates (subject to hydrolysis) is 1. The number of ether oxygens (including phenoxy) is 1. The van der Waals surface area contributed by atoms with Gasteiger partial charge in [-0.3, -0.25) is 0 Å². The van der Waals surface area contributed by atoms with Crippen LogP contribution in [0.15, 0.2) is 18.3 Å². The Morgan fingerprint density at radius 2 is 2.28 bits per heavy atom. The molecular formula is C13H17N3O2. The maximum absolute atomic E-state index is 11.3. The third kappa shape index (κ3) is 5.21. The predicted octanol–water partition coefficient (Wildman–Crippen LogP) is 1.54. The Hall–Kier alpha value is -2.22. The van der Waals surface area contributed by atoms with E-state index in [0.29, 0.717) is 11.4 Å². The number of nitrogens with one attached hydrogen (secondary N) is 1. The molecule has 0 unspecified atom stereocenters. The second-order valence-corrected chi connectivity index (χ2v) is 4.60. The van der Waals surface area contributed by atoms with E-state index in [1.54, 1.807) is 39.1 Å². The highest BCUT2D eigenvalue weighted by atomic mass is 16.6. The van der Waals surface area contributed by atoms with Crippen LogP contribution in [0.1, 0.15) is 26.5 Å². The lowest BCUT2D eigenvalue weighted by Crippen LogP contribution is -2.32. The molecule has 3 N–H and O–H groups in total. The lowest BCUT2D eigenvalue weighted by molar-refractivity contribution is 0.0535. The molecule has 0 radical (unpaired) electrons. The van der Waals surface area contributed by atoms with Crippen molar-refractivity contribution in [2.24, 2.45) is 0 Å². The molecular weight excluding hydrogens is 230 g/mol. The summed E-state index contributed by atoms with van der Waals surface area (Å²) in [5.41, 5.74) is 6.18. The van der Waals surface area contributed by atoms with Gasteiger partial charge in [-0.25, -0.2) is 9.78 Å². The summed E-state index contributed by atoms with van der Waals surface area (Å²) >= 11 is 0. The first-order valence-corrected chi connectivity index (χ1v) is 5.55. The second-order valence-electron chi connectivity index (χ2n) is 4.60. The molecule has 0 atom stereocenters. The Labute approximate surface area is 107 Å². The minimum absolute atomic E-state index is 0.185. The number of nitrogens with zero attached hydrogens (tertiary/aromatic N) is 1. The fourth-order valence-electron chi connectivity index (χ4n) is 1.08. The molecule has 0 saturated carbocycles. The van der Waals surface area contributed by atoms with Gasteiger partial charge in [0.25, 0.3) is 0 Å². The maximum atomic E-state index is 11.3. The zero-order chi connectivity index (χ0) is 13.6. The van der Waals surface area contributed by atoms with Crippen molar-refractivity contribution < 1.29 is 9.53 Å². The highest BCUT2D eigenvalue weighted by Crippen LogP contribution is 2.06. The van der Waals surface area contributed by atoms with Gasteiger partial charge >= 0.3 is 6.09 Å². The minimum Gasteiger partial charge on any atom is -0.444 e. The fourth-order valence-corrected chi connectivity index (χ4v) is 1.08. The molecule has 5 nitrogen and oxygen atoms in total. The summed E-state index contributed by atoms with van der Waals surface area (Å²) in [4.78, 5) is 15.3. The number of anilines is 1. The molecule has 0 aliphatic rings. The van der Waals surface area contributed by atoms with Gasteiger partial charge in [0.1, 0.15) is 11.3 Å². The number of hydrogen-bond donors (Lipinski definition) is 2.